The van der Waals surface area contributed by atoms with Crippen molar-refractivity contribution in [1.29, 1.82) is 0 Å². The molecule has 0 spiro atoms. The molecule has 3 atom stereocenters. The second kappa shape index (κ2) is 5.27. The molecule has 1 saturated heterocycles. The van der Waals surface area contributed by atoms with Gasteiger partial charge in [0.15, 0.2) is 0 Å². The van der Waals surface area contributed by atoms with Crippen LogP contribution in [0.3, 0.4) is 0 Å². The van der Waals surface area contributed by atoms with Gasteiger partial charge in [-0.3, -0.25) is 0 Å². The van der Waals surface area contributed by atoms with Crippen LogP contribution in [0.1, 0.15) is 52.9 Å². The molecule has 0 bridgehead atoms. The van der Waals surface area contributed by atoms with E-state index in [2.05, 4.69) is 25.7 Å². The molecule has 1 aliphatic heterocycles. The quantitative estimate of drug-likeness (QED) is 0.801. The first-order valence-corrected chi connectivity index (χ1v) is 7.47. The molecule has 3 unspecified atom stereocenters. The van der Waals surface area contributed by atoms with Gasteiger partial charge in [-0.15, -0.1) is 0 Å². The van der Waals surface area contributed by atoms with E-state index in [4.69, 9.17) is 5.73 Å². The van der Waals surface area contributed by atoms with E-state index in [0.29, 0.717) is 11.5 Å². The lowest BCUT2D eigenvalue weighted by molar-refractivity contribution is 0.0652. The molecule has 2 fully saturated rings. The normalized spacial score (nSPS) is 39.2. The SMILES string of the molecule is CC1CCCCC1CN1CCC(N)C(C)(C)C1. The predicted molar refractivity (Wildman–Crippen MR) is 73.9 cm³/mol. The second-order valence-corrected chi connectivity index (χ2v) is 7.14. The standard InChI is InChI=1S/C15H30N2/c1-12-6-4-5-7-13(12)10-17-9-8-14(16)15(2,3)11-17/h12-14H,4-11,16H2,1-3H3. The summed E-state index contributed by atoms with van der Waals surface area (Å²) < 4.78 is 0. The van der Waals surface area contributed by atoms with Crippen LogP contribution in [0.4, 0.5) is 0 Å². The fourth-order valence-electron chi connectivity index (χ4n) is 3.64. The van der Waals surface area contributed by atoms with Crippen molar-refractivity contribution in [2.24, 2.45) is 23.0 Å². The van der Waals surface area contributed by atoms with E-state index in [-0.39, 0.29) is 0 Å². The van der Waals surface area contributed by atoms with Crippen molar-refractivity contribution in [3.8, 4) is 0 Å². The molecule has 1 saturated carbocycles. The van der Waals surface area contributed by atoms with Crippen LogP contribution < -0.4 is 5.73 Å². The Hall–Kier alpha value is -0.0800. The van der Waals surface area contributed by atoms with Crippen LogP contribution in [0, 0.1) is 17.3 Å². The van der Waals surface area contributed by atoms with Gasteiger partial charge in [-0.05, 0) is 36.6 Å². The van der Waals surface area contributed by atoms with Gasteiger partial charge in [0, 0.05) is 19.1 Å². The van der Waals surface area contributed by atoms with Gasteiger partial charge >= 0.3 is 0 Å². The number of hydrogen-bond acceptors (Lipinski definition) is 2. The van der Waals surface area contributed by atoms with Gasteiger partial charge in [-0.2, -0.15) is 0 Å². The summed E-state index contributed by atoms with van der Waals surface area (Å²) in [6.45, 7) is 10.8. The summed E-state index contributed by atoms with van der Waals surface area (Å²) >= 11 is 0. The molecule has 100 valence electrons. The van der Waals surface area contributed by atoms with Crippen molar-refractivity contribution >= 4 is 0 Å². The van der Waals surface area contributed by atoms with Crippen molar-refractivity contribution in [3.63, 3.8) is 0 Å². The Bertz CT molecular complexity index is 249. The van der Waals surface area contributed by atoms with Crippen molar-refractivity contribution < 1.29 is 0 Å². The molecule has 1 heterocycles. The first-order chi connectivity index (χ1) is 7.99. The maximum Gasteiger partial charge on any atom is 0.0115 e. The molecule has 0 aromatic carbocycles. The van der Waals surface area contributed by atoms with E-state index in [1.54, 1.807) is 0 Å². The van der Waals surface area contributed by atoms with E-state index in [1.165, 1.54) is 51.7 Å². The average Bonchev–Trinajstić information content (AvgIpc) is 2.26. The monoisotopic (exact) mass is 238 g/mol. The third kappa shape index (κ3) is 3.23. The lowest BCUT2D eigenvalue weighted by atomic mass is 9.77. The van der Waals surface area contributed by atoms with Crippen molar-refractivity contribution in [3.05, 3.63) is 0 Å². The number of hydrogen-bond donors (Lipinski definition) is 1. The minimum atomic E-state index is 0.302. The highest BCUT2D eigenvalue weighted by Crippen LogP contribution is 2.33. The average molecular weight is 238 g/mol. The topological polar surface area (TPSA) is 29.3 Å². The van der Waals surface area contributed by atoms with E-state index in [9.17, 15) is 0 Å². The molecule has 1 aliphatic carbocycles. The summed E-state index contributed by atoms with van der Waals surface area (Å²) in [5.41, 5.74) is 6.51. The second-order valence-electron chi connectivity index (χ2n) is 7.14. The number of nitrogens with zero attached hydrogens (tertiary/aromatic N) is 1. The van der Waals surface area contributed by atoms with Gasteiger partial charge in [0.2, 0.25) is 0 Å². The molecule has 0 radical (unpaired) electrons. The summed E-state index contributed by atoms with van der Waals surface area (Å²) in [5, 5.41) is 0. The van der Waals surface area contributed by atoms with Gasteiger partial charge in [-0.25, -0.2) is 0 Å². The zero-order chi connectivity index (χ0) is 12.5. The Morgan fingerprint density at radius 2 is 1.88 bits per heavy atom. The minimum Gasteiger partial charge on any atom is -0.327 e. The highest BCUT2D eigenvalue weighted by molar-refractivity contribution is 4.90. The summed E-state index contributed by atoms with van der Waals surface area (Å²) in [5.74, 6) is 1.87. The highest BCUT2D eigenvalue weighted by atomic mass is 15.1. The van der Waals surface area contributed by atoms with E-state index >= 15 is 0 Å². The molecule has 2 heteroatoms. The fourth-order valence-corrected chi connectivity index (χ4v) is 3.64. The number of rotatable bonds is 2. The van der Waals surface area contributed by atoms with Gasteiger partial charge in [-0.1, -0.05) is 40.0 Å². The fraction of sp³-hybridized carbons (Fsp3) is 1.00. The molecule has 17 heavy (non-hydrogen) atoms. The minimum absolute atomic E-state index is 0.302. The highest BCUT2D eigenvalue weighted by Gasteiger charge is 2.34. The summed E-state index contributed by atoms with van der Waals surface area (Å²) in [7, 11) is 0. The molecular formula is C15H30N2. The van der Waals surface area contributed by atoms with Crippen molar-refractivity contribution in [1.82, 2.24) is 4.90 Å². The van der Waals surface area contributed by atoms with E-state index in [0.717, 1.165) is 11.8 Å². The van der Waals surface area contributed by atoms with Crippen LogP contribution in [0.5, 0.6) is 0 Å². The van der Waals surface area contributed by atoms with Gasteiger partial charge in [0.1, 0.15) is 0 Å². The van der Waals surface area contributed by atoms with Crippen molar-refractivity contribution in [2.75, 3.05) is 19.6 Å². The Kier molecular flexibility index (Phi) is 4.14. The molecule has 0 aromatic heterocycles. The summed E-state index contributed by atoms with van der Waals surface area (Å²) in [4.78, 5) is 2.68. The molecule has 2 rings (SSSR count). The Morgan fingerprint density at radius 1 is 1.18 bits per heavy atom. The summed E-state index contributed by atoms with van der Waals surface area (Å²) in [6.07, 6.45) is 6.97. The molecule has 2 aliphatic rings. The first kappa shape index (κ1) is 13.4. The third-order valence-corrected chi connectivity index (χ3v) is 5.17. The Balaban J connectivity index is 1.87. The van der Waals surface area contributed by atoms with Crippen LogP contribution in [-0.2, 0) is 0 Å². The van der Waals surface area contributed by atoms with Crippen LogP contribution >= 0.6 is 0 Å². The lowest BCUT2D eigenvalue weighted by Gasteiger charge is -2.44. The predicted octanol–water partition coefficient (Wildman–Crippen LogP) is 2.87. The molecule has 0 aromatic rings. The molecule has 2 nitrogen and oxygen atoms in total. The molecule has 0 amide bonds. The van der Waals surface area contributed by atoms with E-state index < -0.39 is 0 Å². The first-order valence-electron chi connectivity index (χ1n) is 7.47. The number of piperidine rings is 1. The Labute approximate surface area is 107 Å². The maximum atomic E-state index is 6.21. The van der Waals surface area contributed by atoms with Crippen LogP contribution in [0.2, 0.25) is 0 Å². The van der Waals surface area contributed by atoms with E-state index in [1.807, 2.05) is 0 Å². The van der Waals surface area contributed by atoms with Gasteiger partial charge in [0.25, 0.3) is 0 Å². The van der Waals surface area contributed by atoms with Crippen molar-refractivity contribution in [2.45, 2.75) is 58.9 Å². The van der Waals surface area contributed by atoms with Crippen LogP contribution in [0.25, 0.3) is 0 Å². The number of likely N-dealkylation sites (tertiary alicyclic amines) is 1. The van der Waals surface area contributed by atoms with Gasteiger partial charge in [0.05, 0.1) is 0 Å². The Morgan fingerprint density at radius 3 is 2.53 bits per heavy atom. The summed E-state index contributed by atoms with van der Waals surface area (Å²) in [6, 6.07) is 0.391. The lowest BCUT2D eigenvalue weighted by Crippen LogP contribution is -2.53. The smallest absolute Gasteiger partial charge is 0.0115 e. The maximum absolute atomic E-state index is 6.21. The third-order valence-electron chi connectivity index (χ3n) is 5.17. The zero-order valence-corrected chi connectivity index (χ0v) is 11.9. The van der Waals surface area contributed by atoms with Crippen LogP contribution in [-0.4, -0.2) is 30.6 Å². The van der Waals surface area contributed by atoms with Gasteiger partial charge < -0.3 is 10.6 Å². The molecule has 2 N–H and O–H groups in total. The molecular weight excluding hydrogens is 208 g/mol. The number of nitrogens with two attached hydrogens (primary N) is 1. The van der Waals surface area contributed by atoms with Crippen LogP contribution in [0.15, 0.2) is 0 Å². The zero-order valence-electron chi connectivity index (χ0n) is 11.9. The largest absolute Gasteiger partial charge is 0.327 e.